The van der Waals surface area contributed by atoms with Crippen LogP contribution in [-0.2, 0) is 15.3 Å². The third-order valence-electron chi connectivity index (χ3n) is 3.88. The van der Waals surface area contributed by atoms with Gasteiger partial charge in [-0.25, -0.2) is 0 Å². The second-order valence-electron chi connectivity index (χ2n) is 5.97. The number of carbonyl (C=O) groups excluding carboxylic acids is 2. The molecule has 0 fully saturated rings. The second-order valence-corrected chi connectivity index (χ2v) is 7.30. The summed E-state index contributed by atoms with van der Waals surface area (Å²) in [6.45, 7) is 5.72. The number of benzene rings is 2. The van der Waals surface area contributed by atoms with Gasteiger partial charge < -0.3 is 10.6 Å². The predicted molar refractivity (Wildman–Crippen MR) is 105 cm³/mol. The molecule has 0 saturated heterocycles. The van der Waals surface area contributed by atoms with E-state index in [9.17, 15) is 9.59 Å². The monoisotopic (exact) mass is 356 g/mol. The van der Waals surface area contributed by atoms with Crippen molar-refractivity contribution in [3.05, 3.63) is 65.2 Å². The largest absolute Gasteiger partial charge is 0.346 e. The second kappa shape index (κ2) is 9.28. The van der Waals surface area contributed by atoms with E-state index in [0.29, 0.717) is 0 Å². The van der Waals surface area contributed by atoms with E-state index < -0.39 is 0 Å². The van der Waals surface area contributed by atoms with Gasteiger partial charge in [0, 0.05) is 11.4 Å². The van der Waals surface area contributed by atoms with E-state index in [-0.39, 0.29) is 23.6 Å². The third kappa shape index (κ3) is 5.94. The summed E-state index contributed by atoms with van der Waals surface area (Å²) in [6, 6.07) is 15.9. The van der Waals surface area contributed by atoms with Crippen molar-refractivity contribution in [1.82, 2.24) is 5.32 Å². The van der Waals surface area contributed by atoms with Crippen LogP contribution in [0.15, 0.2) is 48.5 Å². The number of aryl methyl sites for hydroxylation is 2. The molecule has 2 aromatic rings. The van der Waals surface area contributed by atoms with Crippen molar-refractivity contribution >= 4 is 29.3 Å². The molecule has 1 atom stereocenters. The first-order valence-corrected chi connectivity index (χ1v) is 9.31. The van der Waals surface area contributed by atoms with Crippen molar-refractivity contribution in [2.24, 2.45) is 0 Å². The highest BCUT2D eigenvalue weighted by Gasteiger charge is 2.15. The van der Waals surface area contributed by atoms with Crippen LogP contribution in [0.5, 0.6) is 0 Å². The quantitative estimate of drug-likeness (QED) is 0.796. The molecule has 0 aliphatic heterocycles. The fraction of sp³-hybridized carbons (Fsp3) is 0.300. The Bertz CT molecular complexity index is 711. The van der Waals surface area contributed by atoms with Gasteiger partial charge in [-0.3, -0.25) is 9.59 Å². The first-order chi connectivity index (χ1) is 12.0. The Morgan fingerprint density at radius 2 is 1.64 bits per heavy atom. The third-order valence-corrected chi connectivity index (χ3v) is 5.09. The maximum absolute atomic E-state index is 12.1. The predicted octanol–water partition coefficient (Wildman–Crippen LogP) is 3.68. The molecule has 0 aliphatic rings. The van der Waals surface area contributed by atoms with Gasteiger partial charge in [0.15, 0.2) is 0 Å². The van der Waals surface area contributed by atoms with E-state index in [0.717, 1.165) is 22.6 Å². The molecule has 0 spiro atoms. The van der Waals surface area contributed by atoms with Gasteiger partial charge in [-0.2, -0.15) is 0 Å². The number of hydrogen-bond donors (Lipinski definition) is 2. The van der Waals surface area contributed by atoms with Crippen molar-refractivity contribution in [1.29, 1.82) is 0 Å². The summed E-state index contributed by atoms with van der Waals surface area (Å²) >= 11 is 1.55. The Kier molecular flexibility index (Phi) is 7.07. The zero-order chi connectivity index (χ0) is 18.2. The Morgan fingerprint density at radius 1 is 1.00 bits per heavy atom. The zero-order valence-electron chi connectivity index (χ0n) is 14.8. The minimum atomic E-state index is -0.217. The molecular formula is C20H24N2O2S. The lowest BCUT2D eigenvalue weighted by atomic mass is 10.1. The van der Waals surface area contributed by atoms with Crippen molar-refractivity contribution in [2.45, 2.75) is 31.8 Å². The number of hydrogen-bond acceptors (Lipinski definition) is 3. The highest BCUT2D eigenvalue weighted by Crippen LogP contribution is 2.19. The summed E-state index contributed by atoms with van der Waals surface area (Å²) in [4.78, 5) is 24.2. The van der Waals surface area contributed by atoms with Crippen molar-refractivity contribution < 1.29 is 9.59 Å². The molecule has 2 amide bonds. The van der Waals surface area contributed by atoms with E-state index in [1.54, 1.807) is 11.8 Å². The fourth-order valence-electron chi connectivity index (χ4n) is 2.38. The van der Waals surface area contributed by atoms with Crippen LogP contribution in [0.2, 0.25) is 0 Å². The fourth-order valence-corrected chi connectivity index (χ4v) is 3.25. The SMILES string of the molecule is Cc1cccc(C)c1NC(=O)CNC(=O)[C@@H](C)SCc1ccccc1. The van der Waals surface area contributed by atoms with Gasteiger partial charge in [-0.1, -0.05) is 48.5 Å². The Hall–Kier alpha value is -2.27. The Labute approximate surface area is 153 Å². The first-order valence-electron chi connectivity index (χ1n) is 8.26. The molecule has 132 valence electrons. The Balaban J connectivity index is 1.77. The summed E-state index contributed by atoms with van der Waals surface area (Å²) in [5, 5.41) is 5.36. The molecule has 0 unspecified atom stereocenters. The van der Waals surface area contributed by atoms with Crippen molar-refractivity contribution in [3.63, 3.8) is 0 Å². The number of anilines is 1. The molecular weight excluding hydrogens is 332 g/mol. The van der Waals surface area contributed by atoms with Crippen LogP contribution >= 0.6 is 11.8 Å². The Morgan fingerprint density at radius 3 is 2.28 bits per heavy atom. The van der Waals surface area contributed by atoms with Gasteiger partial charge in [0.25, 0.3) is 0 Å². The van der Waals surface area contributed by atoms with Crippen LogP contribution in [0.4, 0.5) is 5.69 Å². The zero-order valence-corrected chi connectivity index (χ0v) is 15.7. The van der Waals surface area contributed by atoms with E-state index in [2.05, 4.69) is 10.6 Å². The summed E-state index contributed by atoms with van der Waals surface area (Å²) < 4.78 is 0. The number of nitrogens with one attached hydrogen (secondary N) is 2. The van der Waals surface area contributed by atoms with Gasteiger partial charge in [-0.15, -0.1) is 11.8 Å². The molecule has 4 nitrogen and oxygen atoms in total. The van der Waals surface area contributed by atoms with Crippen molar-refractivity contribution in [2.75, 3.05) is 11.9 Å². The molecule has 0 aromatic heterocycles. The smallest absolute Gasteiger partial charge is 0.243 e. The molecule has 5 heteroatoms. The minimum absolute atomic E-state index is 0.0250. The topological polar surface area (TPSA) is 58.2 Å². The lowest BCUT2D eigenvalue weighted by molar-refractivity contribution is -0.123. The number of para-hydroxylation sites is 1. The summed E-state index contributed by atoms with van der Waals surface area (Å²) in [7, 11) is 0. The highest BCUT2D eigenvalue weighted by atomic mass is 32.2. The maximum Gasteiger partial charge on any atom is 0.243 e. The molecule has 0 heterocycles. The normalized spacial score (nSPS) is 11.6. The van der Waals surface area contributed by atoms with Crippen molar-refractivity contribution in [3.8, 4) is 0 Å². The van der Waals surface area contributed by atoms with Gasteiger partial charge in [-0.05, 0) is 37.5 Å². The van der Waals surface area contributed by atoms with Crippen LogP contribution in [-0.4, -0.2) is 23.6 Å². The lowest BCUT2D eigenvalue weighted by Gasteiger charge is -2.14. The van der Waals surface area contributed by atoms with Gasteiger partial charge in [0.05, 0.1) is 11.8 Å². The number of rotatable bonds is 7. The van der Waals surface area contributed by atoms with Gasteiger partial charge in [0.2, 0.25) is 11.8 Å². The molecule has 2 rings (SSSR count). The van der Waals surface area contributed by atoms with Crippen LogP contribution in [0.1, 0.15) is 23.6 Å². The molecule has 2 N–H and O–H groups in total. The van der Waals surface area contributed by atoms with Gasteiger partial charge in [0.1, 0.15) is 0 Å². The molecule has 25 heavy (non-hydrogen) atoms. The van der Waals surface area contributed by atoms with Crippen LogP contribution in [0.25, 0.3) is 0 Å². The van der Waals surface area contributed by atoms with E-state index >= 15 is 0 Å². The molecule has 0 saturated carbocycles. The molecule has 0 bridgehead atoms. The standard InChI is InChI=1S/C20H24N2O2S/c1-14-8-7-9-15(2)19(14)22-18(23)12-21-20(24)16(3)25-13-17-10-5-4-6-11-17/h4-11,16H,12-13H2,1-3H3,(H,21,24)(H,22,23)/t16-/m1/s1. The number of amides is 2. The molecule has 0 radical (unpaired) electrons. The maximum atomic E-state index is 12.1. The first kappa shape index (κ1) is 19.1. The average molecular weight is 356 g/mol. The summed E-state index contributed by atoms with van der Waals surface area (Å²) in [5.41, 5.74) is 4.01. The van der Waals surface area contributed by atoms with Crippen LogP contribution in [0.3, 0.4) is 0 Å². The summed E-state index contributed by atoms with van der Waals surface area (Å²) in [6.07, 6.45) is 0. The van der Waals surface area contributed by atoms with E-state index in [4.69, 9.17) is 0 Å². The number of thioether (sulfide) groups is 1. The van der Waals surface area contributed by atoms with Crippen LogP contribution in [0, 0.1) is 13.8 Å². The van der Waals surface area contributed by atoms with Crippen LogP contribution < -0.4 is 10.6 Å². The average Bonchev–Trinajstić information content (AvgIpc) is 2.61. The van der Waals surface area contributed by atoms with E-state index in [1.165, 1.54) is 5.56 Å². The van der Waals surface area contributed by atoms with Gasteiger partial charge >= 0.3 is 0 Å². The number of carbonyl (C=O) groups is 2. The molecule has 2 aromatic carbocycles. The molecule has 0 aliphatic carbocycles. The highest BCUT2D eigenvalue weighted by molar-refractivity contribution is 7.99. The minimum Gasteiger partial charge on any atom is -0.346 e. The lowest BCUT2D eigenvalue weighted by Crippen LogP contribution is -2.37. The summed E-state index contributed by atoms with van der Waals surface area (Å²) in [5.74, 6) is 0.424. The van der Waals surface area contributed by atoms with E-state index in [1.807, 2.05) is 69.3 Å².